The van der Waals surface area contributed by atoms with Gasteiger partial charge in [0.05, 0.1) is 5.52 Å². The molecule has 2 aromatic heterocycles. The van der Waals surface area contributed by atoms with E-state index in [2.05, 4.69) is 15.6 Å². The molecule has 2 N–H and O–H groups in total. The van der Waals surface area contributed by atoms with Crippen LogP contribution in [0.2, 0.25) is 0 Å². The molecular formula is C15H20N4O3S. The van der Waals surface area contributed by atoms with Crippen molar-refractivity contribution in [1.29, 1.82) is 0 Å². The first kappa shape index (κ1) is 15.9. The predicted molar refractivity (Wildman–Crippen MR) is 86.3 cm³/mol. The summed E-state index contributed by atoms with van der Waals surface area (Å²) < 4.78 is 25.2. The quantitative estimate of drug-likeness (QED) is 0.857. The number of nitrogens with one attached hydrogen (secondary N) is 2. The molecule has 2 atom stereocenters. The van der Waals surface area contributed by atoms with Gasteiger partial charge in [-0.05, 0) is 38.4 Å². The van der Waals surface area contributed by atoms with Crippen LogP contribution >= 0.6 is 0 Å². The first-order valence-corrected chi connectivity index (χ1v) is 9.48. The van der Waals surface area contributed by atoms with Crippen LogP contribution in [0.3, 0.4) is 0 Å². The molecule has 0 bridgehead atoms. The van der Waals surface area contributed by atoms with Crippen LogP contribution in [0, 0.1) is 0 Å². The SMILES string of the molecule is CC1NCCCC1NC(=O)c1nc(S(C)(=O)=O)n2ccccc12. The molecule has 8 heteroatoms. The lowest BCUT2D eigenvalue weighted by Crippen LogP contribution is -2.52. The summed E-state index contributed by atoms with van der Waals surface area (Å²) in [6.07, 6.45) is 4.57. The minimum atomic E-state index is -3.53. The maximum absolute atomic E-state index is 12.6. The van der Waals surface area contributed by atoms with Crippen LogP contribution in [-0.2, 0) is 9.84 Å². The second-order valence-electron chi connectivity index (χ2n) is 5.94. The Labute approximate surface area is 135 Å². The summed E-state index contributed by atoms with van der Waals surface area (Å²) in [6, 6.07) is 5.34. The first-order chi connectivity index (χ1) is 10.9. The van der Waals surface area contributed by atoms with Gasteiger partial charge in [0.15, 0.2) is 5.69 Å². The number of carbonyl (C=O) groups is 1. The molecule has 0 saturated carbocycles. The van der Waals surface area contributed by atoms with Crippen LogP contribution in [0.15, 0.2) is 29.6 Å². The van der Waals surface area contributed by atoms with Crippen molar-refractivity contribution in [2.45, 2.75) is 37.0 Å². The smallest absolute Gasteiger partial charge is 0.272 e. The summed E-state index contributed by atoms with van der Waals surface area (Å²) in [5.41, 5.74) is 0.630. The van der Waals surface area contributed by atoms with Gasteiger partial charge in [0.25, 0.3) is 5.91 Å². The van der Waals surface area contributed by atoms with Gasteiger partial charge in [-0.25, -0.2) is 13.4 Å². The Bertz CT molecular complexity index is 844. The van der Waals surface area contributed by atoms with E-state index in [1.165, 1.54) is 4.40 Å². The highest BCUT2D eigenvalue weighted by Crippen LogP contribution is 2.18. The number of hydrogen-bond acceptors (Lipinski definition) is 5. The third-order valence-electron chi connectivity index (χ3n) is 4.14. The average Bonchev–Trinajstić information content (AvgIpc) is 2.89. The molecular weight excluding hydrogens is 316 g/mol. The van der Waals surface area contributed by atoms with Crippen molar-refractivity contribution in [3.8, 4) is 0 Å². The number of piperidine rings is 1. The molecule has 23 heavy (non-hydrogen) atoms. The number of hydrogen-bond donors (Lipinski definition) is 2. The molecule has 3 heterocycles. The van der Waals surface area contributed by atoms with Crippen LogP contribution < -0.4 is 10.6 Å². The van der Waals surface area contributed by atoms with Crippen LogP contribution in [0.25, 0.3) is 5.52 Å². The molecule has 1 saturated heterocycles. The molecule has 0 radical (unpaired) electrons. The Morgan fingerprint density at radius 2 is 2.22 bits per heavy atom. The van der Waals surface area contributed by atoms with Gasteiger partial charge >= 0.3 is 0 Å². The third-order valence-corrected chi connectivity index (χ3v) is 5.09. The molecule has 2 unspecified atom stereocenters. The van der Waals surface area contributed by atoms with Gasteiger partial charge in [0.2, 0.25) is 15.0 Å². The monoisotopic (exact) mass is 336 g/mol. The molecule has 0 spiro atoms. The summed E-state index contributed by atoms with van der Waals surface area (Å²) in [6.45, 7) is 2.97. The van der Waals surface area contributed by atoms with Crippen LogP contribution in [-0.4, -0.2) is 48.6 Å². The zero-order valence-corrected chi connectivity index (χ0v) is 13.9. The molecule has 1 amide bonds. The largest absolute Gasteiger partial charge is 0.346 e. The van der Waals surface area contributed by atoms with E-state index in [9.17, 15) is 13.2 Å². The van der Waals surface area contributed by atoms with Crippen LogP contribution in [0.5, 0.6) is 0 Å². The molecule has 1 aliphatic rings. The Morgan fingerprint density at radius 1 is 1.43 bits per heavy atom. The third kappa shape index (κ3) is 3.09. The van der Waals surface area contributed by atoms with Crippen LogP contribution in [0.4, 0.5) is 0 Å². The van der Waals surface area contributed by atoms with E-state index in [4.69, 9.17) is 0 Å². The summed E-state index contributed by atoms with van der Waals surface area (Å²) in [4.78, 5) is 16.7. The van der Waals surface area contributed by atoms with Crippen molar-refractivity contribution >= 4 is 21.3 Å². The zero-order valence-electron chi connectivity index (χ0n) is 13.1. The highest BCUT2D eigenvalue weighted by molar-refractivity contribution is 7.90. The Balaban J connectivity index is 1.98. The molecule has 7 nitrogen and oxygen atoms in total. The number of pyridine rings is 1. The molecule has 0 aliphatic carbocycles. The molecule has 124 valence electrons. The van der Waals surface area contributed by atoms with E-state index in [1.54, 1.807) is 24.4 Å². The Hall–Kier alpha value is -1.93. The van der Waals surface area contributed by atoms with Crippen molar-refractivity contribution in [3.05, 3.63) is 30.1 Å². The second kappa shape index (κ2) is 5.93. The number of rotatable bonds is 3. The fraction of sp³-hybridized carbons (Fsp3) is 0.467. The summed E-state index contributed by atoms with van der Waals surface area (Å²) in [5, 5.41) is 6.17. The molecule has 2 aromatic rings. The number of nitrogens with zero attached hydrogens (tertiary/aromatic N) is 2. The van der Waals surface area contributed by atoms with Gasteiger partial charge in [-0.3, -0.25) is 9.20 Å². The van der Waals surface area contributed by atoms with E-state index in [0.717, 1.165) is 25.6 Å². The van der Waals surface area contributed by atoms with Gasteiger partial charge in [-0.15, -0.1) is 0 Å². The average molecular weight is 336 g/mol. The minimum absolute atomic E-state index is 0.0124. The summed E-state index contributed by atoms with van der Waals surface area (Å²) >= 11 is 0. The van der Waals surface area contributed by atoms with Gasteiger partial charge in [-0.2, -0.15) is 0 Å². The number of amides is 1. The molecule has 1 fully saturated rings. The maximum atomic E-state index is 12.6. The molecule has 0 aromatic carbocycles. The van der Waals surface area contributed by atoms with Crippen molar-refractivity contribution in [2.75, 3.05) is 12.8 Å². The number of carbonyl (C=O) groups excluding carboxylic acids is 1. The number of aromatic nitrogens is 2. The molecule has 1 aliphatic heterocycles. The second-order valence-corrected chi connectivity index (χ2v) is 7.85. The standard InChI is InChI=1S/C15H20N4O3S/c1-10-11(6-5-8-16-10)17-14(20)13-12-7-3-4-9-19(12)15(18-13)23(2,21)22/h3-4,7,9-11,16H,5-6,8H2,1-2H3,(H,17,20). The highest BCUT2D eigenvalue weighted by atomic mass is 32.2. The van der Waals surface area contributed by atoms with E-state index in [1.807, 2.05) is 6.92 Å². The maximum Gasteiger partial charge on any atom is 0.272 e. The van der Waals surface area contributed by atoms with Crippen molar-refractivity contribution in [1.82, 2.24) is 20.0 Å². The van der Waals surface area contributed by atoms with E-state index in [-0.39, 0.29) is 28.8 Å². The van der Waals surface area contributed by atoms with E-state index >= 15 is 0 Å². The number of imidazole rings is 1. The van der Waals surface area contributed by atoms with E-state index < -0.39 is 9.84 Å². The lowest BCUT2D eigenvalue weighted by Gasteiger charge is -2.30. The first-order valence-electron chi connectivity index (χ1n) is 7.59. The minimum Gasteiger partial charge on any atom is -0.346 e. The van der Waals surface area contributed by atoms with Crippen molar-refractivity contribution < 1.29 is 13.2 Å². The fourth-order valence-corrected chi connectivity index (χ4v) is 3.69. The number of fused-ring (bicyclic) bond motifs is 1. The molecule has 3 rings (SSSR count). The topological polar surface area (TPSA) is 92.6 Å². The van der Waals surface area contributed by atoms with Gasteiger partial charge in [0.1, 0.15) is 0 Å². The Morgan fingerprint density at radius 3 is 2.91 bits per heavy atom. The summed E-state index contributed by atoms with van der Waals surface area (Å²) in [5.74, 6) is -0.343. The van der Waals surface area contributed by atoms with Gasteiger partial charge < -0.3 is 10.6 Å². The predicted octanol–water partition coefficient (Wildman–Crippen LogP) is 0.608. The lowest BCUT2D eigenvalue weighted by atomic mass is 10.00. The number of sulfone groups is 1. The van der Waals surface area contributed by atoms with E-state index in [0.29, 0.717) is 5.52 Å². The van der Waals surface area contributed by atoms with Crippen LogP contribution in [0.1, 0.15) is 30.3 Å². The normalized spacial score (nSPS) is 22.2. The van der Waals surface area contributed by atoms with Crippen molar-refractivity contribution in [3.63, 3.8) is 0 Å². The van der Waals surface area contributed by atoms with Gasteiger partial charge in [0, 0.05) is 24.5 Å². The highest BCUT2D eigenvalue weighted by Gasteiger charge is 2.27. The fourth-order valence-electron chi connectivity index (χ4n) is 2.92. The lowest BCUT2D eigenvalue weighted by molar-refractivity contribution is 0.0916. The summed E-state index contributed by atoms with van der Waals surface area (Å²) in [7, 11) is -3.53. The van der Waals surface area contributed by atoms with Crippen molar-refractivity contribution in [2.24, 2.45) is 0 Å². The van der Waals surface area contributed by atoms with Gasteiger partial charge in [-0.1, -0.05) is 6.07 Å². The Kier molecular flexibility index (Phi) is 4.11. The zero-order chi connectivity index (χ0) is 16.6.